The molecule has 0 radical (unpaired) electrons. The number of nitrogen functional groups attached to an aromatic ring is 1. The van der Waals surface area contributed by atoms with Crippen molar-refractivity contribution in [3.05, 3.63) is 91.4 Å². The van der Waals surface area contributed by atoms with Gasteiger partial charge in [-0.15, -0.1) is 0 Å². The van der Waals surface area contributed by atoms with Crippen LogP contribution in [0.3, 0.4) is 0 Å². The minimum absolute atomic E-state index is 0.456. The lowest BCUT2D eigenvalue weighted by Crippen LogP contribution is -2.09. The van der Waals surface area contributed by atoms with Crippen LogP contribution in [0, 0.1) is 0 Å². The Balaban J connectivity index is 1.58. The third kappa shape index (κ3) is 3.63. The highest BCUT2D eigenvalue weighted by Gasteiger charge is 2.16. The molecule has 0 aliphatic carbocycles. The molecule has 0 spiro atoms. The van der Waals surface area contributed by atoms with E-state index in [4.69, 9.17) is 10.5 Å². The summed E-state index contributed by atoms with van der Waals surface area (Å²) in [4.78, 5) is 10.9. The normalized spacial score (nSPS) is 10.9. The van der Waals surface area contributed by atoms with Crippen molar-refractivity contribution in [2.75, 3.05) is 24.7 Å². The highest BCUT2D eigenvalue weighted by atomic mass is 16.5. The van der Waals surface area contributed by atoms with Gasteiger partial charge in [-0.25, -0.2) is 9.97 Å². The molecule has 0 aliphatic rings. The number of anilines is 2. The van der Waals surface area contributed by atoms with Crippen molar-refractivity contribution in [3.63, 3.8) is 0 Å². The summed E-state index contributed by atoms with van der Waals surface area (Å²) >= 11 is 0. The Morgan fingerprint density at radius 2 is 1.59 bits per heavy atom. The maximum Gasteiger partial charge on any atom is 0.150 e. The van der Waals surface area contributed by atoms with Crippen molar-refractivity contribution in [3.8, 4) is 28.3 Å². The van der Waals surface area contributed by atoms with E-state index >= 15 is 0 Å². The van der Waals surface area contributed by atoms with Gasteiger partial charge in [-0.3, -0.25) is 0 Å². The first-order valence-electron chi connectivity index (χ1n) is 10.3. The van der Waals surface area contributed by atoms with Crippen LogP contribution in [0.15, 0.2) is 91.4 Å². The molecule has 2 aromatic heterocycles. The molecule has 0 atom stereocenters. The fourth-order valence-corrected chi connectivity index (χ4v) is 3.75. The van der Waals surface area contributed by atoms with Crippen LogP contribution in [-0.4, -0.2) is 28.6 Å². The van der Waals surface area contributed by atoms with Crippen molar-refractivity contribution in [1.82, 2.24) is 14.5 Å². The third-order valence-electron chi connectivity index (χ3n) is 5.38. The Kier molecular flexibility index (Phi) is 4.95. The molecule has 2 heterocycles. The van der Waals surface area contributed by atoms with E-state index in [-0.39, 0.29) is 0 Å². The molecule has 5 rings (SSSR count). The lowest BCUT2D eigenvalue weighted by molar-refractivity contribution is 0.483. The number of ether oxygens (including phenoxy) is 1. The van der Waals surface area contributed by atoms with Gasteiger partial charge in [0.05, 0.1) is 5.39 Å². The number of nitrogens with zero attached hydrogens (tertiary/aromatic N) is 4. The summed E-state index contributed by atoms with van der Waals surface area (Å²) in [7, 11) is 4.05. The number of hydrogen-bond donors (Lipinski definition) is 1. The molecule has 158 valence electrons. The molecule has 6 nitrogen and oxygen atoms in total. The van der Waals surface area contributed by atoms with E-state index < -0.39 is 0 Å². The summed E-state index contributed by atoms with van der Waals surface area (Å²) in [5.41, 5.74) is 11.2. The summed E-state index contributed by atoms with van der Waals surface area (Å²) in [5.74, 6) is 2.03. The Hall–Kier alpha value is -4.32. The molecule has 32 heavy (non-hydrogen) atoms. The summed E-state index contributed by atoms with van der Waals surface area (Å²) in [5, 5.41) is 0.833. The van der Waals surface area contributed by atoms with Gasteiger partial charge in [0.2, 0.25) is 0 Å². The molecule has 0 saturated carbocycles. The van der Waals surface area contributed by atoms with E-state index in [2.05, 4.69) is 43.8 Å². The molecule has 3 aromatic carbocycles. The van der Waals surface area contributed by atoms with Crippen molar-refractivity contribution in [2.24, 2.45) is 0 Å². The van der Waals surface area contributed by atoms with Gasteiger partial charge in [0.15, 0.2) is 5.65 Å². The van der Waals surface area contributed by atoms with Gasteiger partial charge in [-0.2, -0.15) is 0 Å². The van der Waals surface area contributed by atoms with Crippen LogP contribution in [0.25, 0.3) is 27.8 Å². The third-order valence-corrected chi connectivity index (χ3v) is 5.38. The molecular weight excluding hydrogens is 398 g/mol. The van der Waals surface area contributed by atoms with Crippen molar-refractivity contribution in [1.29, 1.82) is 0 Å². The van der Waals surface area contributed by atoms with Gasteiger partial charge >= 0.3 is 0 Å². The molecule has 0 aliphatic heterocycles. The number of benzene rings is 3. The van der Waals surface area contributed by atoms with Gasteiger partial charge < -0.3 is 19.9 Å². The number of nitrogens with two attached hydrogens (primary N) is 1. The number of fused-ring (bicyclic) bond motifs is 1. The molecule has 2 N–H and O–H groups in total. The van der Waals surface area contributed by atoms with Crippen LogP contribution in [0.1, 0.15) is 0 Å². The lowest BCUT2D eigenvalue weighted by Gasteiger charge is -2.14. The number of rotatable bonds is 5. The maximum absolute atomic E-state index is 6.30. The van der Waals surface area contributed by atoms with Crippen molar-refractivity contribution >= 4 is 22.5 Å². The fraction of sp³-hybridized carbons (Fsp3) is 0.0769. The second-order valence-corrected chi connectivity index (χ2v) is 7.72. The molecule has 0 fully saturated rings. The SMILES string of the molecule is CN(C)c1cccc(-n2cc(-c3ccc(Oc4ccccc4)cc3)c3c(N)ncnc32)c1. The molecule has 6 heteroatoms. The molecule has 0 amide bonds. The van der Waals surface area contributed by atoms with Gasteiger partial charge in [0.25, 0.3) is 0 Å². The smallest absolute Gasteiger partial charge is 0.150 e. The van der Waals surface area contributed by atoms with Crippen molar-refractivity contribution < 1.29 is 4.74 Å². The standard InChI is InChI=1S/C26H23N5O/c1-30(2)19-7-6-8-20(15-19)31-16-23(24-25(27)28-17-29-26(24)31)18-11-13-22(14-12-18)32-21-9-4-3-5-10-21/h3-17H,1-2H3,(H2,27,28,29). The molecular formula is C26H23N5O. The van der Waals surface area contributed by atoms with Crippen LogP contribution in [0.4, 0.5) is 11.5 Å². The minimum atomic E-state index is 0.456. The van der Waals surface area contributed by atoms with E-state index in [1.54, 1.807) is 0 Å². The quantitative estimate of drug-likeness (QED) is 0.404. The van der Waals surface area contributed by atoms with Gasteiger partial charge in [0, 0.05) is 37.2 Å². The minimum Gasteiger partial charge on any atom is -0.457 e. The van der Waals surface area contributed by atoms with Crippen LogP contribution >= 0.6 is 0 Å². The van der Waals surface area contributed by atoms with E-state index in [9.17, 15) is 0 Å². The average Bonchev–Trinajstić information content (AvgIpc) is 3.21. The van der Waals surface area contributed by atoms with Gasteiger partial charge in [0.1, 0.15) is 23.6 Å². The second kappa shape index (κ2) is 8.07. The summed E-state index contributed by atoms with van der Waals surface area (Å²) in [6.45, 7) is 0. The first-order valence-corrected chi connectivity index (χ1v) is 10.3. The van der Waals surface area contributed by atoms with Gasteiger partial charge in [-0.05, 0) is 48.0 Å². The molecule has 0 unspecified atom stereocenters. The number of hydrogen-bond acceptors (Lipinski definition) is 5. The molecule has 5 aromatic rings. The second-order valence-electron chi connectivity index (χ2n) is 7.72. The average molecular weight is 422 g/mol. The predicted molar refractivity (Wildman–Crippen MR) is 130 cm³/mol. The fourth-order valence-electron chi connectivity index (χ4n) is 3.75. The molecule has 0 saturated heterocycles. The summed E-state index contributed by atoms with van der Waals surface area (Å²) in [6.07, 6.45) is 3.57. The zero-order valence-corrected chi connectivity index (χ0v) is 17.9. The number of para-hydroxylation sites is 1. The topological polar surface area (TPSA) is 69.2 Å². The van der Waals surface area contributed by atoms with Crippen LogP contribution in [0.2, 0.25) is 0 Å². The van der Waals surface area contributed by atoms with E-state index in [0.29, 0.717) is 5.82 Å². The van der Waals surface area contributed by atoms with Crippen LogP contribution < -0.4 is 15.4 Å². The predicted octanol–water partition coefficient (Wildman–Crippen LogP) is 5.53. The number of aromatic nitrogens is 3. The van der Waals surface area contributed by atoms with Crippen LogP contribution in [-0.2, 0) is 0 Å². The maximum atomic E-state index is 6.30. The summed E-state index contributed by atoms with van der Waals surface area (Å²) in [6, 6.07) is 26.0. The Bertz CT molecular complexity index is 1380. The molecule has 0 bridgehead atoms. The van der Waals surface area contributed by atoms with Crippen molar-refractivity contribution in [2.45, 2.75) is 0 Å². The Labute approximate surface area is 186 Å². The largest absolute Gasteiger partial charge is 0.457 e. The Morgan fingerprint density at radius 1 is 0.844 bits per heavy atom. The first-order chi connectivity index (χ1) is 15.6. The lowest BCUT2D eigenvalue weighted by atomic mass is 10.1. The first kappa shape index (κ1) is 19.6. The van der Waals surface area contributed by atoms with E-state index in [0.717, 1.165) is 45.0 Å². The van der Waals surface area contributed by atoms with E-state index in [1.807, 2.05) is 74.8 Å². The monoisotopic (exact) mass is 421 g/mol. The van der Waals surface area contributed by atoms with Crippen LogP contribution in [0.5, 0.6) is 11.5 Å². The van der Waals surface area contributed by atoms with Gasteiger partial charge in [-0.1, -0.05) is 36.4 Å². The highest BCUT2D eigenvalue weighted by Crippen LogP contribution is 2.35. The zero-order valence-electron chi connectivity index (χ0n) is 17.9. The highest BCUT2D eigenvalue weighted by molar-refractivity contribution is 6.01. The van der Waals surface area contributed by atoms with E-state index in [1.165, 1.54) is 6.33 Å². The Morgan fingerprint density at radius 3 is 2.34 bits per heavy atom. The zero-order chi connectivity index (χ0) is 22.1. The summed E-state index contributed by atoms with van der Waals surface area (Å²) < 4.78 is 7.99.